The highest BCUT2D eigenvalue weighted by Gasteiger charge is 2.35. The highest BCUT2D eigenvalue weighted by atomic mass is 32.2. The van der Waals surface area contributed by atoms with E-state index in [2.05, 4.69) is 10.5 Å². The van der Waals surface area contributed by atoms with Gasteiger partial charge in [0.1, 0.15) is 0 Å². The molecule has 1 aromatic heterocycles. The summed E-state index contributed by atoms with van der Waals surface area (Å²) < 4.78 is 11.2. The SMILES string of the molecule is CCOCCCN1C(=O)NC(c2ccc(C)cc2)C(c2nc(-c3ccc(SC)cc3)no2)=C1C. The first-order valence-corrected chi connectivity index (χ1v) is 12.7. The van der Waals surface area contributed by atoms with Crippen molar-refractivity contribution in [2.24, 2.45) is 0 Å². The fourth-order valence-electron chi connectivity index (χ4n) is 4.00. The summed E-state index contributed by atoms with van der Waals surface area (Å²) in [5.74, 6) is 0.923. The number of aryl methyl sites for hydroxylation is 1. The molecule has 7 nitrogen and oxygen atoms in total. The number of hydrogen-bond acceptors (Lipinski definition) is 6. The van der Waals surface area contributed by atoms with Gasteiger partial charge >= 0.3 is 6.03 Å². The summed E-state index contributed by atoms with van der Waals surface area (Å²) in [6.07, 6.45) is 2.78. The first-order valence-electron chi connectivity index (χ1n) is 11.4. The lowest BCUT2D eigenvalue weighted by Crippen LogP contribution is -2.46. The van der Waals surface area contributed by atoms with Crippen LogP contribution in [0.1, 0.15) is 43.3 Å². The van der Waals surface area contributed by atoms with Crippen molar-refractivity contribution in [3.05, 3.63) is 71.2 Å². The van der Waals surface area contributed by atoms with Gasteiger partial charge in [0.25, 0.3) is 5.89 Å². The van der Waals surface area contributed by atoms with Gasteiger partial charge in [-0.1, -0.05) is 35.0 Å². The molecule has 3 aromatic rings. The number of urea groups is 1. The predicted molar refractivity (Wildman–Crippen MR) is 134 cm³/mol. The second kappa shape index (κ2) is 10.9. The van der Waals surface area contributed by atoms with E-state index in [1.54, 1.807) is 16.7 Å². The molecule has 1 aliphatic heterocycles. The van der Waals surface area contributed by atoms with Crippen molar-refractivity contribution in [2.45, 2.75) is 38.1 Å². The Morgan fingerprint density at radius 2 is 1.85 bits per heavy atom. The molecule has 0 bridgehead atoms. The normalized spacial score (nSPS) is 16.2. The lowest BCUT2D eigenvalue weighted by Gasteiger charge is -2.35. The van der Waals surface area contributed by atoms with Gasteiger partial charge in [0.05, 0.1) is 11.6 Å². The van der Waals surface area contributed by atoms with Crippen molar-refractivity contribution >= 4 is 23.4 Å². The Morgan fingerprint density at radius 3 is 2.53 bits per heavy atom. The van der Waals surface area contributed by atoms with Crippen LogP contribution in [0.4, 0.5) is 4.79 Å². The zero-order valence-corrected chi connectivity index (χ0v) is 20.8. The molecule has 2 aromatic carbocycles. The number of aromatic nitrogens is 2. The van der Waals surface area contributed by atoms with Crippen molar-refractivity contribution in [3.8, 4) is 11.4 Å². The van der Waals surface area contributed by atoms with Crippen LogP contribution in [0.3, 0.4) is 0 Å². The van der Waals surface area contributed by atoms with E-state index in [0.29, 0.717) is 31.5 Å². The summed E-state index contributed by atoms with van der Waals surface area (Å²) in [4.78, 5) is 20.7. The quantitative estimate of drug-likeness (QED) is 0.314. The molecule has 34 heavy (non-hydrogen) atoms. The monoisotopic (exact) mass is 478 g/mol. The molecule has 0 radical (unpaired) electrons. The second-order valence-electron chi connectivity index (χ2n) is 8.15. The van der Waals surface area contributed by atoms with Gasteiger partial charge in [-0.05, 0) is 63.3 Å². The molecule has 1 atom stereocenters. The molecule has 0 fully saturated rings. The van der Waals surface area contributed by atoms with E-state index in [9.17, 15) is 4.79 Å². The Morgan fingerprint density at radius 1 is 1.12 bits per heavy atom. The standard InChI is InChI=1S/C26H30N4O3S/c1-5-32-16-6-15-30-18(3)22(23(27-26(30)31)19-9-7-17(2)8-10-19)25-28-24(29-33-25)20-11-13-21(34-4)14-12-20/h7-14,23H,5-6,15-16H2,1-4H3,(H,27,31). The maximum Gasteiger partial charge on any atom is 0.322 e. The highest BCUT2D eigenvalue weighted by molar-refractivity contribution is 7.98. The number of ether oxygens (including phenoxy) is 1. The first kappa shape index (κ1) is 24.0. The molecule has 4 rings (SSSR count). The Kier molecular flexibility index (Phi) is 7.70. The van der Waals surface area contributed by atoms with Crippen LogP contribution in [0.5, 0.6) is 0 Å². The van der Waals surface area contributed by atoms with Crippen LogP contribution in [0.25, 0.3) is 17.0 Å². The zero-order valence-electron chi connectivity index (χ0n) is 20.0. The maximum atomic E-state index is 13.1. The Bertz CT molecular complexity index is 1160. The summed E-state index contributed by atoms with van der Waals surface area (Å²) in [6, 6.07) is 15.6. The number of nitrogens with zero attached hydrogens (tertiary/aromatic N) is 3. The zero-order chi connectivity index (χ0) is 24.1. The van der Waals surface area contributed by atoms with Crippen LogP contribution in [0.2, 0.25) is 0 Å². The Balaban J connectivity index is 1.71. The van der Waals surface area contributed by atoms with E-state index >= 15 is 0 Å². The molecule has 2 heterocycles. The number of carbonyl (C=O) groups is 1. The van der Waals surface area contributed by atoms with E-state index in [0.717, 1.165) is 34.4 Å². The van der Waals surface area contributed by atoms with Gasteiger partial charge < -0.3 is 14.6 Å². The fourth-order valence-corrected chi connectivity index (χ4v) is 4.40. The smallest absolute Gasteiger partial charge is 0.322 e. The van der Waals surface area contributed by atoms with Crippen molar-refractivity contribution < 1.29 is 14.1 Å². The number of benzene rings is 2. The molecule has 1 N–H and O–H groups in total. The van der Waals surface area contributed by atoms with Gasteiger partial charge in [-0.3, -0.25) is 4.90 Å². The van der Waals surface area contributed by atoms with Gasteiger partial charge in [-0.2, -0.15) is 4.98 Å². The maximum absolute atomic E-state index is 13.1. The summed E-state index contributed by atoms with van der Waals surface area (Å²) >= 11 is 1.68. The van der Waals surface area contributed by atoms with Crippen LogP contribution in [-0.2, 0) is 4.74 Å². The van der Waals surface area contributed by atoms with Gasteiger partial charge in [0.2, 0.25) is 5.82 Å². The minimum atomic E-state index is -0.386. The lowest BCUT2D eigenvalue weighted by molar-refractivity contribution is 0.136. The number of hydrogen-bond donors (Lipinski definition) is 1. The highest BCUT2D eigenvalue weighted by Crippen LogP contribution is 2.37. The summed E-state index contributed by atoms with van der Waals surface area (Å²) in [5.41, 5.74) is 4.61. The Hall–Kier alpha value is -3.10. The molecule has 0 saturated heterocycles. The fraction of sp³-hybridized carbons (Fsp3) is 0.346. The van der Waals surface area contributed by atoms with Crippen LogP contribution in [-0.4, -0.2) is 47.1 Å². The van der Waals surface area contributed by atoms with E-state index < -0.39 is 0 Å². The number of allylic oxidation sites excluding steroid dienone is 1. The van der Waals surface area contributed by atoms with Gasteiger partial charge in [-0.15, -0.1) is 11.8 Å². The molecular formula is C26H30N4O3S. The molecule has 2 amide bonds. The number of rotatable bonds is 9. The average Bonchev–Trinajstić information content (AvgIpc) is 3.33. The third kappa shape index (κ3) is 5.18. The number of nitrogens with one attached hydrogen (secondary N) is 1. The van der Waals surface area contributed by atoms with Gasteiger partial charge in [0.15, 0.2) is 0 Å². The van der Waals surface area contributed by atoms with Crippen LogP contribution in [0.15, 0.2) is 63.6 Å². The molecular weight excluding hydrogens is 448 g/mol. The predicted octanol–water partition coefficient (Wildman–Crippen LogP) is 5.69. The summed E-state index contributed by atoms with van der Waals surface area (Å²) in [5, 5.41) is 7.39. The topological polar surface area (TPSA) is 80.5 Å². The lowest BCUT2D eigenvalue weighted by atomic mass is 9.94. The van der Waals surface area contributed by atoms with Crippen LogP contribution >= 0.6 is 11.8 Å². The Labute approximate surface area is 204 Å². The summed E-state index contributed by atoms with van der Waals surface area (Å²) in [6.45, 7) is 7.74. The average molecular weight is 479 g/mol. The molecule has 1 unspecified atom stereocenters. The van der Waals surface area contributed by atoms with Crippen molar-refractivity contribution in [3.63, 3.8) is 0 Å². The molecule has 0 spiro atoms. The number of carbonyl (C=O) groups excluding carboxylic acids is 1. The molecule has 0 saturated carbocycles. The molecule has 0 aliphatic carbocycles. The van der Waals surface area contributed by atoms with Gasteiger partial charge in [0, 0.05) is 35.9 Å². The molecule has 8 heteroatoms. The third-order valence-corrected chi connectivity index (χ3v) is 6.63. The van der Waals surface area contributed by atoms with Crippen molar-refractivity contribution in [1.29, 1.82) is 0 Å². The van der Waals surface area contributed by atoms with Crippen molar-refractivity contribution in [2.75, 3.05) is 26.0 Å². The first-order chi connectivity index (χ1) is 16.5. The van der Waals surface area contributed by atoms with Crippen LogP contribution < -0.4 is 5.32 Å². The van der Waals surface area contributed by atoms with E-state index in [4.69, 9.17) is 14.2 Å². The molecule has 178 valence electrons. The van der Waals surface area contributed by atoms with Crippen molar-refractivity contribution in [1.82, 2.24) is 20.4 Å². The van der Waals surface area contributed by atoms with Gasteiger partial charge in [-0.25, -0.2) is 4.79 Å². The molecule has 1 aliphatic rings. The van der Waals surface area contributed by atoms with Crippen LogP contribution in [0, 0.1) is 6.92 Å². The summed E-state index contributed by atoms with van der Waals surface area (Å²) in [7, 11) is 0. The van der Waals surface area contributed by atoms with E-state index in [1.165, 1.54) is 4.90 Å². The minimum Gasteiger partial charge on any atom is -0.382 e. The van der Waals surface area contributed by atoms with E-state index in [1.807, 2.05) is 75.6 Å². The number of thioether (sulfide) groups is 1. The minimum absolute atomic E-state index is 0.143. The largest absolute Gasteiger partial charge is 0.382 e. The number of amides is 2. The van der Waals surface area contributed by atoms with E-state index in [-0.39, 0.29) is 12.1 Å². The third-order valence-electron chi connectivity index (χ3n) is 5.89. The second-order valence-corrected chi connectivity index (χ2v) is 9.03.